The van der Waals surface area contributed by atoms with E-state index in [1.54, 1.807) is 14.0 Å². The highest BCUT2D eigenvalue weighted by Crippen LogP contribution is 2.51. The lowest BCUT2D eigenvalue weighted by molar-refractivity contribution is -0.125. The number of aromatic nitrogens is 2. The van der Waals surface area contributed by atoms with Crippen molar-refractivity contribution in [3.05, 3.63) is 16.4 Å². The Kier molecular flexibility index (Phi) is 2.11. The van der Waals surface area contributed by atoms with Crippen LogP contribution in [-0.4, -0.2) is 15.7 Å². The second-order valence-electron chi connectivity index (χ2n) is 4.24. The fourth-order valence-corrected chi connectivity index (χ4v) is 2.61. The van der Waals surface area contributed by atoms with Gasteiger partial charge in [-0.05, 0) is 6.92 Å². The highest BCUT2D eigenvalue weighted by atomic mass is 35.5. The number of hydrogen-bond acceptors (Lipinski definition) is 2. The molecule has 15 heavy (non-hydrogen) atoms. The molecule has 1 aliphatic rings. The topological polar surface area (TPSA) is 43.8 Å². The highest BCUT2D eigenvalue weighted by molar-refractivity contribution is 6.30. The van der Waals surface area contributed by atoms with E-state index < -0.39 is 11.5 Å². The Bertz CT molecular complexity index is 406. The summed E-state index contributed by atoms with van der Waals surface area (Å²) in [5.41, 5.74) is 6.06. The molecule has 0 radical (unpaired) electrons. The molecule has 0 bridgehead atoms. The third-order valence-corrected chi connectivity index (χ3v) is 3.23. The zero-order valence-electron chi connectivity index (χ0n) is 8.52. The lowest BCUT2D eigenvalue weighted by Crippen LogP contribution is -2.55. The van der Waals surface area contributed by atoms with Crippen molar-refractivity contribution in [2.45, 2.75) is 31.2 Å². The molecule has 0 aromatic carbocycles. The Morgan fingerprint density at radius 3 is 2.33 bits per heavy atom. The van der Waals surface area contributed by atoms with Gasteiger partial charge in [0, 0.05) is 25.5 Å². The van der Waals surface area contributed by atoms with E-state index in [2.05, 4.69) is 5.10 Å². The predicted molar refractivity (Wildman–Crippen MR) is 53.0 cm³/mol. The highest BCUT2D eigenvalue weighted by Gasteiger charge is 2.57. The Morgan fingerprint density at radius 1 is 1.47 bits per heavy atom. The number of nitrogens with zero attached hydrogens (tertiary/aromatic N) is 2. The molecule has 1 aromatic heterocycles. The van der Waals surface area contributed by atoms with E-state index in [-0.39, 0.29) is 12.8 Å². The van der Waals surface area contributed by atoms with Crippen molar-refractivity contribution in [1.82, 2.24) is 9.78 Å². The van der Waals surface area contributed by atoms with E-state index in [1.807, 2.05) is 0 Å². The van der Waals surface area contributed by atoms with Crippen LogP contribution in [0, 0.1) is 6.92 Å². The SMILES string of the molecule is Cc1nn(C)c(Cl)c1C1(N)CC(F)(F)C1. The summed E-state index contributed by atoms with van der Waals surface area (Å²) in [6, 6.07) is 0. The fraction of sp³-hybridized carbons (Fsp3) is 0.667. The van der Waals surface area contributed by atoms with Crippen LogP contribution in [0.3, 0.4) is 0 Å². The van der Waals surface area contributed by atoms with Gasteiger partial charge >= 0.3 is 0 Å². The van der Waals surface area contributed by atoms with Gasteiger partial charge in [0.2, 0.25) is 0 Å². The third kappa shape index (κ3) is 1.54. The van der Waals surface area contributed by atoms with Crippen molar-refractivity contribution < 1.29 is 8.78 Å². The molecule has 1 aromatic rings. The first kappa shape index (κ1) is 10.8. The van der Waals surface area contributed by atoms with E-state index in [9.17, 15) is 8.78 Å². The van der Waals surface area contributed by atoms with E-state index in [0.29, 0.717) is 16.4 Å². The Morgan fingerprint density at radius 2 is 2.00 bits per heavy atom. The molecule has 2 N–H and O–H groups in total. The van der Waals surface area contributed by atoms with Gasteiger partial charge in [0.15, 0.2) is 0 Å². The summed E-state index contributed by atoms with van der Waals surface area (Å²) in [6.07, 6.45) is -0.710. The van der Waals surface area contributed by atoms with Crippen molar-refractivity contribution in [3.8, 4) is 0 Å². The second-order valence-corrected chi connectivity index (χ2v) is 4.60. The van der Waals surface area contributed by atoms with Crippen LogP contribution in [0.4, 0.5) is 8.78 Å². The normalized spacial score (nSPS) is 22.5. The number of halogens is 3. The summed E-state index contributed by atoms with van der Waals surface area (Å²) in [7, 11) is 1.67. The van der Waals surface area contributed by atoms with Crippen LogP contribution in [-0.2, 0) is 12.6 Å². The van der Waals surface area contributed by atoms with E-state index in [4.69, 9.17) is 17.3 Å². The maximum absolute atomic E-state index is 12.8. The molecule has 0 unspecified atom stereocenters. The molecule has 0 spiro atoms. The quantitative estimate of drug-likeness (QED) is 0.809. The van der Waals surface area contributed by atoms with Gasteiger partial charge in [-0.2, -0.15) is 5.10 Å². The Balaban J connectivity index is 2.39. The first-order valence-electron chi connectivity index (χ1n) is 4.61. The zero-order valence-corrected chi connectivity index (χ0v) is 9.28. The molecule has 0 saturated heterocycles. The number of hydrogen-bond donors (Lipinski definition) is 1. The van der Waals surface area contributed by atoms with Crippen LogP contribution in [0.15, 0.2) is 0 Å². The molecular formula is C9H12ClF2N3. The first-order chi connectivity index (χ1) is 6.75. The van der Waals surface area contributed by atoms with Crippen molar-refractivity contribution in [3.63, 3.8) is 0 Å². The monoisotopic (exact) mass is 235 g/mol. The molecule has 6 heteroatoms. The van der Waals surface area contributed by atoms with E-state index in [0.717, 1.165) is 0 Å². The van der Waals surface area contributed by atoms with Crippen LogP contribution in [0.2, 0.25) is 5.15 Å². The Labute approximate surface area is 91.2 Å². The summed E-state index contributed by atoms with van der Waals surface area (Å²) < 4.78 is 27.1. The molecule has 0 atom stereocenters. The minimum Gasteiger partial charge on any atom is -0.321 e. The molecule has 2 rings (SSSR count). The van der Waals surface area contributed by atoms with Gasteiger partial charge in [-0.3, -0.25) is 4.68 Å². The molecule has 0 amide bonds. The van der Waals surface area contributed by atoms with Gasteiger partial charge in [-0.25, -0.2) is 8.78 Å². The zero-order chi connectivity index (χ0) is 11.4. The number of alkyl halides is 2. The van der Waals surface area contributed by atoms with Gasteiger partial charge < -0.3 is 5.73 Å². The molecule has 1 heterocycles. The maximum atomic E-state index is 12.8. The summed E-state index contributed by atoms with van der Waals surface area (Å²) in [5.74, 6) is -2.67. The predicted octanol–water partition coefficient (Wildman–Crippen LogP) is 1.97. The average Bonchev–Trinajstić information content (AvgIpc) is 2.22. The molecular weight excluding hydrogens is 224 g/mol. The van der Waals surface area contributed by atoms with Gasteiger partial charge in [-0.1, -0.05) is 11.6 Å². The van der Waals surface area contributed by atoms with Crippen molar-refractivity contribution >= 4 is 11.6 Å². The van der Waals surface area contributed by atoms with Gasteiger partial charge in [-0.15, -0.1) is 0 Å². The number of rotatable bonds is 1. The molecule has 1 aliphatic carbocycles. The van der Waals surface area contributed by atoms with Crippen LogP contribution in [0.5, 0.6) is 0 Å². The van der Waals surface area contributed by atoms with Gasteiger partial charge in [0.1, 0.15) is 5.15 Å². The largest absolute Gasteiger partial charge is 0.321 e. The number of aryl methyl sites for hydroxylation is 2. The molecule has 84 valence electrons. The van der Waals surface area contributed by atoms with E-state index in [1.165, 1.54) is 4.68 Å². The smallest absolute Gasteiger partial charge is 0.252 e. The lowest BCUT2D eigenvalue weighted by atomic mass is 9.70. The summed E-state index contributed by atoms with van der Waals surface area (Å²) in [4.78, 5) is 0. The average molecular weight is 236 g/mol. The summed E-state index contributed by atoms with van der Waals surface area (Å²) in [5, 5.41) is 4.42. The van der Waals surface area contributed by atoms with Crippen molar-refractivity contribution in [1.29, 1.82) is 0 Å². The minimum atomic E-state index is -2.67. The third-order valence-electron chi connectivity index (χ3n) is 2.80. The van der Waals surface area contributed by atoms with Gasteiger partial charge in [0.05, 0.1) is 11.2 Å². The first-order valence-corrected chi connectivity index (χ1v) is 4.99. The van der Waals surface area contributed by atoms with Crippen LogP contribution in [0.1, 0.15) is 24.1 Å². The minimum absolute atomic E-state index is 0.352. The Hall–Kier alpha value is -0.680. The molecule has 3 nitrogen and oxygen atoms in total. The second kappa shape index (κ2) is 2.92. The number of nitrogens with two attached hydrogens (primary N) is 1. The van der Waals surface area contributed by atoms with Crippen LogP contribution >= 0.6 is 11.6 Å². The fourth-order valence-electron chi connectivity index (χ4n) is 2.24. The van der Waals surface area contributed by atoms with Gasteiger partial charge in [0.25, 0.3) is 5.92 Å². The molecule has 1 saturated carbocycles. The van der Waals surface area contributed by atoms with Crippen molar-refractivity contribution in [2.24, 2.45) is 12.8 Å². The summed E-state index contributed by atoms with van der Waals surface area (Å²) in [6.45, 7) is 1.73. The van der Waals surface area contributed by atoms with Crippen LogP contribution in [0.25, 0.3) is 0 Å². The summed E-state index contributed by atoms with van der Waals surface area (Å²) >= 11 is 5.98. The molecule has 0 aliphatic heterocycles. The molecule has 1 fully saturated rings. The van der Waals surface area contributed by atoms with Crippen molar-refractivity contribution in [2.75, 3.05) is 0 Å². The van der Waals surface area contributed by atoms with E-state index >= 15 is 0 Å². The maximum Gasteiger partial charge on any atom is 0.252 e. The van der Waals surface area contributed by atoms with Crippen LogP contribution < -0.4 is 5.73 Å². The standard InChI is InChI=1S/C9H12ClF2N3/c1-5-6(7(10)15(2)14-5)8(13)3-9(11,12)4-8/h3-4,13H2,1-2H3. The lowest BCUT2D eigenvalue weighted by Gasteiger charge is -2.44.